The summed E-state index contributed by atoms with van der Waals surface area (Å²) in [6, 6.07) is 3.38. The Morgan fingerprint density at radius 3 is 3.00 bits per heavy atom. The fourth-order valence-corrected chi connectivity index (χ4v) is 2.34. The maximum atomic E-state index is 13.6. The van der Waals surface area contributed by atoms with E-state index in [0.717, 1.165) is 31.6 Å². The number of guanidine groups is 1. The van der Waals surface area contributed by atoms with Crippen molar-refractivity contribution < 1.29 is 18.3 Å². The molecule has 0 radical (unpaired) electrons. The van der Waals surface area contributed by atoms with Crippen LogP contribution in [0.5, 0.6) is 0 Å². The Balaban J connectivity index is 1.74. The van der Waals surface area contributed by atoms with Crippen molar-refractivity contribution in [2.45, 2.75) is 32.4 Å². The first-order chi connectivity index (χ1) is 11.7. The molecular formula is C17H25F2N3O2. The molecule has 2 N–H and O–H groups in total. The predicted octanol–water partition coefficient (Wildman–Crippen LogP) is 2.22. The molecule has 2 rings (SSSR count). The molecule has 1 aromatic rings. The first-order valence-corrected chi connectivity index (χ1v) is 8.34. The third kappa shape index (κ3) is 6.41. The summed E-state index contributed by atoms with van der Waals surface area (Å²) in [5.41, 5.74) is 0.233. The van der Waals surface area contributed by atoms with Gasteiger partial charge in [-0.2, -0.15) is 0 Å². The maximum absolute atomic E-state index is 13.6. The summed E-state index contributed by atoms with van der Waals surface area (Å²) in [6.07, 6.45) is 1.99. The standard InChI is InChI=1S/C17H25F2N3O2/c1-2-20-17(21-7-3-8-24-15-6-9-23-12-15)22-11-13-10-14(18)4-5-16(13)19/h4-5,10,15H,2-3,6-9,11-12H2,1H3,(H2,20,21,22). The van der Waals surface area contributed by atoms with Gasteiger partial charge in [0.15, 0.2) is 5.96 Å². The second-order valence-corrected chi connectivity index (χ2v) is 5.57. The lowest BCUT2D eigenvalue weighted by Crippen LogP contribution is -2.38. The summed E-state index contributed by atoms with van der Waals surface area (Å²) in [4.78, 5) is 4.29. The number of benzene rings is 1. The van der Waals surface area contributed by atoms with Crippen molar-refractivity contribution >= 4 is 5.96 Å². The summed E-state index contributed by atoms with van der Waals surface area (Å²) in [5.74, 6) is -0.346. The highest BCUT2D eigenvalue weighted by molar-refractivity contribution is 5.79. The fraction of sp³-hybridized carbons (Fsp3) is 0.588. The van der Waals surface area contributed by atoms with Crippen LogP contribution in [-0.4, -0.2) is 45.0 Å². The minimum absolute atomic E-state index is 0.0782. The van der Waals surface area contributed by atoms with Crippen LogP contribution in [0.3, 0.4) is 0 Å². The highest BCUT2D eigenvalue weighted by atomic mass is 19.1. The number of halogens is 2. The Labute approximate surface area is 141 Å². The lowest BCUT2D eigenvalue weighted by Gasteiger charge is -2.13. The molecular weight excluding hydrogens is 316 g/mol. The molecule has 24 heavy (non-hydrogen) atoms. The quantitative estimate of drug-likeness (QED) is 0.432. The van der Waals surface area contributed by atoms with Gasteiger partial charge in [0.05, 0.1) is 19.3 Å². The largest absolute Gasteiger partial charge is 0.379 e. The normalized spacial score (nSPS) is 18.0. The van der Waals surface area contributed by atoms with E-state index in [2.05, 4.69) is 15.6 Å². The van der Waals surface area contributed by atoms with E-state index in [-0.39, 0.29) is 18.2 Å². The number of aliphatic imine (C=N–C) groups is 1. The highest BCUT2D eigenvalue weighted by Crippen LogP contribution is 2.10. The molecule has 0 spiro atoms. The number of nitrogens with one attached hydrogen (secondary N) is 2. The molecule has 1 saturated heterocycles. The van der Waals surface area contributed by atoms with Crippen molar-refractivity contribution in [2.75, 3.05) is 32.9 Å². The molecule has 1 aliphatic heterocycles. The monoisotopic (exact) mass is 341 g/mol. The van der Waals surface area contributed by atoms with Gasteiger partial charge in [-0.05, 0) is 38.0 Å². The molecule has 7 heteroatoms. The van der Waals surface area contributed by atoms with E-state index < -0.39 is 11.6 Å². The molecule has 0 amide bonds. The van der Waals surface area contributed by atoms with Gasteiger partial charge in [0, 0.05) is 31.9 Å². The first-order valence-electron chi connectivity index (χ1n) is 8.34. The molecule has 1 fully saturated rings. The second-order valence-electron chi connectivity index (χ2n) is 5.57. The molecule has 1 aromatic carbocycles. The van der Waals surface area contributed by atoms with E-state index in [4.69, 9.17) is 9.47 Å². The molecule has 134 valence electrons. The van der Waals surface area contributed by atoms with E-state index in [1.165, 1.54) is 6.07 Å². The third-order valence-corrected chi connectivity index (χ3v) is 3.61. The van der Waals surface area contributed by atoms with Crippen LogP contribution < -0.4 is 10.6 Å². The summed E-state index contributed by atoms with van der Waals surface area (Å²) >= 11 is 0. The van der Waals surface area contributed by atoms with Crippen LogP contribution in [-0.2, 0) is 16.0 Å². The Morgan fingerprint density at radius 1 is 1.38 bits per heavy atom. The zero-order chi connectivity index (χ0) is 17.2. The smallest absolute Gasteiger partial charge is 0.191 e. The average Bonchev–Trinajstić information content (AvgIpc) is 3.08. The van der Waals surface area contributed by atoms with E-state index in [1.807, 2.05) is 6.92 Å². The molecule has 0 bridgehead atoms. The molecule has 1 aliphatic rings. The second kappa shape index (κ2) is 10.2. The van der Waals surface area contributed by atoms with Gasteiger partial charge in [0.25, 0.3) is 0 Å². The van der Waals surface area contributed by atoms with E-state index in [0.29, 0.717) is 32.3 Å². The van der Waals surface area contributed by atoms with Crippen molar-refractivity contribution in [1.29, 1.82) is 0 Å². The van der Waals surface area contributed by atoms with Crippen LogP contribution in [0.25, 0.3) is 0 Å². The van der Waals surface area contributed by atoms with E-state index in [9.17, 15) is 8.78 Å². The Morgan fingerprint density at radius 2 is 2.25 bits per heavy atom. The van der Waals surface area contributed by atoms with Crippen molar-refractivity contribution in [3.05, 3.63) is 35.4 Å². The van der Waals surface area contributed by atoms with Gasteiger partial charge in [0.2, 0.25) is 0 Å². The van der Waals surface area contributed by atoms with Gasteiger partial charge >= 0.3 is 0 Å². The van der Waals surface area contributed by atoms with Gasteiger partial charge in [-0.15, -0.1) is 0 Å². The van der Waals surface area contributed by atoms with Crippen LogP contribution in [0.4, 0.5) is 8.78 Å². The SMILES string of the molecule is CCNC(=NCc1cc(F)ccc1F)NCCCOC1CCOC1. The van der Waals surface area contributed by atoms with Crippen molar-refractivity contribution in [2.24, 2.45) is 4.99 Å². The van der Waals surface area contributed by atoms with Gasteiger partial charge < -0.3 is 20.1 Å². The van der Waals surface area contributed by atoms with Gasteiger partial charge in [-0.1, -0.05) is 0 Å². The summed E-state index contributed by atoms with van der Waals surface area (Å²) in [7, 11) is 0. The molecule has 0 saturated carbocycles. The maximum Gasteiger partial charge on any atom is 0.191 e. The molecule has 5 nitrogen and oxygen atoms in total. The van der Waals surface area contributed by atoms with Crippen LogP contribution in [0.15, 0.2) is 23.2 Å². The van der Waals surface area contributed by atoms with Crippen molar-refractivity contribution in [1.82, 2.24) is 10.6 Å². The summed E-state index contributed by atoms with van der Waals surface area (Å²) < 4.78 is 37.7. The van der Waals surface area contributed by atoms with E-state index in [1.54, 1.807) is 0 Å². The van der Waals surface area contributed by atoms with Crippen molar-refractivity contribution in [3.63, 3.8) is 0 Å². The van der Waals surface area contributed by atoms with Crippen molar-refractivity contribution in [3.8, 4) is 0 Å². The minimum atomic E-state index is -0.465. The lowest BCUT2D eigenvalue weighted by atomic mass is 10.2. The van der Waals surface area contributed by atoms with Gasteiger partial charge in [0.1, 0.15) is 11.6 Å². The van der Waals surface area contributed by atoms with Crippen LogP contribution in [0.2, 0.25) is 0 Å². The molecule has 0 aromatic heterocycles. The lowest BCUT2D eigenvalue weighted by molar-refractivity contribution is 0.0420. The van der Waals surface area contributed by atoms with E-state index >= 15 is 0 Å². The third-order valence-electron chi connectivity index (χ3n) is 3.61. The van der Waals surface area contributed by atoms with Gasteiger partial charge in [-0.3, -0.25) is 0 Å². The molecule has 1 heterocycles. The topological polar surface area (TPSA) is 54.9 Å². The Bertz CT molecular complexity index is 535. The fourth-order valence-electron chi connectivity index (χ4n) is 2.34. The zero-order valence-electron chi connectivity index (χ0n) is 14.0. The number of hydrogen-bond donors (Lipinski definition) is 2. The molecule has 1 unspecified atom stereocenters. The predicted molar refractivity (Wildman–Crippen MR) is 89.0 cm³/mol. The number of hydrogen-bond acceptors (Lipinski definition) is 3. The van der Waals surface area contributed by atoms with Crippen LogP contribution in [0.1, 0.15) is 25.3 Å². The van der Waals surface area contributed by atoms with Crippen LogP contribution in [0, 0.1) is 11.6 Å². The highest BCUT2D eigenvalue weighted by Gasteiger charge is 2.15. The van der Waals surface area contributed by atoms with Gasteiger partial charge in [-0.25, -0.2) is 13.8 Å². The molecule has 1 atom stereocenters. The average molecular weight is 341 g/mol. The first kappa shape index (κ1) is 18.6. The Kier molecular flexibility index (Phi) is 7.91. The summed E-state index contributed by atoms with van der Waals surface area (Å²) in [6.45, 7) is 5.50. The minimum Gasteiger partial charge on any atom is -0.379 e. The zero-order valence-corrected chi connectivity index (χ0v) is 14.0. The number of rotatable bonds is 8. The summed E-state index contributed by atoms with van der Waals surface area (Å²) in [5, 5.41) is 6.24. The molecule has 0 aliphatic carbocycles. The van der Waals surface area contributed by atoms with Crippen LogP contribution >= 0.6 is 0 Å². The number of ether oxygens (including phenoxy) is 2. The Hall–Kier alpha value is -1.73. The number of nitrogens with zero attached hydrogens (tertiary/aromatic N) is 1.